The standard InChI is InChI=1S/C19H26N4O4/c1-12-10-14(8-9-20-12)21-16(24)11-23-17(25)19(2,22-18(23)26)13-4-6-15(27-3)7-5-13/h4-7,12,14,20H,8-11H2,1-3H3,(H,21,24)(H,22,26). The van der Waals surface area contributed by atoms with Gasteiger partial charge in [-0.1, -0.05) is 12.1 Å². The van der Waals surface area contributed by atoms with E-state index < -0.39 is 17.5 Å². The van der Waals surface area contributed by atoms with E-state index in [1.807, 2.05) is 0 Å². The fraction of sp³-hybridized carbons (Fsp3) is 0.526. The molecule has 8 heteroatoms. The van der Waals surface area contributed by atoms with Gasteiger partial charge in [0.1, 0.15) is 17.8 Å². The molecule has 2 saturated heterocycles. The first-order valence-electron chi connectivity index (χ1n) is 9.15. The molecule has 0 bridgehead atoms. The van der Waals surface area contributed by atoms with Gasteiger partial charge in [-0.05, 0) is 50.9 Å². The van der Waals surface area contributed by atoms with Gasteiger partial charge in [0, 0.05) is 12.1 Å². The molecule has 2 aliphatic rings. The van der Waals surface area contributed by atoms with Gasteiger partial charge in [-0.3, -0.25) is 14.5 Å². The van der Waals surface area contributed by atoms with Crippen molar-refractivity contribution < 1.29 is 19.1 Å². The third-order valence-corrected chi connectivity index (χ3v) is 5.23. The minimum atomic E-state index is -1.20. The Morgan fingerprint density at radius 2 is 2.04 bits per heavy atom. The molecule has 3 unspecified atom stereocenters. The van der Waals surface area contributed by atoms with Gasteiger partial charge in [-0.25, -0.2) is 4.79 Å². The van der Waals surface area contributed by atoms with Crippen molar-refractivity contribution in [3.05, 3.63) is 29.8 Å². The van der Waals surface area contributed by atoms with E-state index in [0.717, 1.165) is 24.3 Å². The van der Waals surface area contributed by atoms with E-state index >= 15 is 0 Å². The van der Waals surface area contributed by atoms with Crippen molar-refractivity contribution in [2.45, 2.75) is 44.3 Å². The highest BCUT2D eigenvalue weighted by molar-refractivity contribution is 6.09. The van der Waals surface area contributed by atoms with E-state index in [-0.39, 0.29) is 18.5 Å². The summed E-state index contributed by atoms with van der Waals surface area (Å²) in [7, 11) is 1.56. The minimum Gasteiger partial charge on any atom is -0.497 e. The van der Waals surface area contributed by atoms with Crippen LogP contribution in [-0.4, -0.2) is 55.0 Å². The molecule has 0 aromatic heterocycles. The Morgan fingerprint density at radius 3 is 2.67 bits per heavy atom. The highest BCUT2D eigenvalue weighted by Crippen LogP contribution is 2.29. The van der Waals surface area contributed by atoms with Crippen LogP contribution in [0.4, 0.5) is 4.79 Å². The first-order chi connectivity index (χ1) is 12.8. The molecule has 3 N–H and O–H groups in total. The highest BCUT2D eigenvalue weighted by Gasteiger charge is 2.49. The summed E-state index contributed by atoms with van der Waals surface area (Å²) in [6.45, 7) is 4.26. The lowest BCUT2D eigenvalue weighted by Crippen LogP contribution is -2.50. The third-order valence-electron chi connectivity index (χ3n) is 5.23. The molecule has 0 spiro atoms. The van der Waals surface area contributed by atoms with Crippen LogP contribution in [0.25, 0.3) is 0 Å². The number of nitrogens with zero attached hydrogens (tertiary/aromatic N) is 1. The van der Waals surface area contributed by atoms with Crippen molar-refractivity contribution in [2.24, 2.45) is 0 Å². The van der Waals surface area contributed by atoms with Crippen LogP contribution in [0.5, 0.6) is 5.75 Å². The topological polar surface area (TPSA) is 99.8 Å². The fourth-order valence-corrected chi connectivity index (χ4v) is 3.64. The fourth-order valence-electron chi connectivity index (χ4n) is 3.64. The van der Waals surface area contributed by atoms with E-state index in [2.05, 4.69) is 22.9 Å². The Hall–Kier alpha value is -2.61. The second-order valence-electron chi connectivity index (χ2n) is 7.32. The molecule has 2 fully saturated rings. The molecule has 3 rings (SSSR count). The zero-order valence-corrected chi connectivity index (χ0v) is 15.9. The summed E-state index contributed by atoms with van der Waals surface area (Å²) in [5.74, 6) is -0.102. The number of piperidine rings is 1. The second kappa shape index (κ2) is 7.56. The van der Waals surface area contributed by atoms with Crippen molar-refractivity contribution in [3.63, 3.8) is 0 Å². The molecule has 0 radical (unpaired) electrons. The van der Waals surface area contributed by atoms with Gasteiger partial charge in [0.15, 0.2) is 0 Å². The molecule has 0 aliphatic carbocycles. The van der Waals surface area contributed by atoms with E-state index in [9.17, 15) is 14.4 Å². The molecule has 146 valence electrons. The molecule has 0 saturated carbocycles. The molecule has 1 aromatic rings. The first-order valence-corrected chi connectivity index (χ1v) is 9.15. The lowest BCUT2D eigenvalue weighted by molar-refractivity contribution is -0.135. The maximum Gasteiger partial charge on any atom is 0.325 e. The zero-order chi connectivity index (χ0) is 19.6. The normalized spacial score (nSPS) is 28.0. The number of ether oxygens (including phenoxy) is 1. The molecule has 2 aliphatic heterocycles. The summed E-state index contributed by atoms with van der Waals surface area (Å²) in [5.41, 5.74) is -0.566. The lowest BCUT2D eigenvalue weighted by atomic mass is 9.92. The van der Waals surface area contributed by atoms with E-state index in [4.69, 9.17) is 4.74 Å². The van der Waals surface area contributed by atoms with Crippen LogP contribution in [0.1, 0.15) is 32.3 Å². The second-order valence-corrected chi connectivity index (χ2v) is 7.32. The molecule has 2 heterocycles. The predicted octanol–water partition coefficient (Wildman–Crippen LogP) is 0.719. The maximum absolute atomic E-state index is 12.9. The van der Waals surface area contributed by atoms with Crippen LogP contribution in [0, 0.1) is 0 Å². The number of hydrogen-bond acceptors (Lipinski definition) is 5. The van der Waals surface area contributed by atoms with Crippen molar-refractivity contribution in [1.82, 2.24) is 20.9 Å². The van der Waals surface area contributed by atoms with Gasteiger partial charge >= 0.3 is 6.03 Å². The van der Waals surface area contributed by atoms with Gasteiger partial charge in [-0.2, -0.15) is 0 Å². The van der Waals surface area contributed by atoms with Crippen molar-refractivity contribution >= 4 is 17.8 Å². The number of carbonyl (C=O) groups is 3. The van der Waals surface area contributed by atoms with Crippen LogP contribution in [0.2, 0.25) is 0 Å². The van der Waals surface area contributed by atoms with E-state index in [1.54, 1.807) is 38.3 Å². The molecule has 1 aromatic carbocycles. The van der Waals surface area contributed by atoms with Gasteiger partial charge in [0.05, 0.1) is 7.11 Å². The minimum absolute atomic E-state index is 0.0579. The third kappa shape index (κ3) is 3.90. The summed E-state index contributed by atoms with van der Waals surface area (Å²) in [6, 6.07) is 6.75. The van der Waals surface area contributed by atoms with Gasteiger partial charge in [0.2, 0.25) is 5.91 Å². The molecule has 3 atom stereocenters. The number of amides is 4. The van der Waals surface area contributed by atoms with Crippen LogP contribution in [0.15, 0.2) is 24.3 Å². The van der Waals surface area contributed by atoms with Crippen LogP contribution in [-0.2, 0) is 15.1 Å². The summed E-state index contributed by atoms with van der Waals surface area (Å²) in [5, 5.41) is 8.96. The molecular weight excluding hydrogens is 348 g/mol. The van der Waals surface area contributed by atoms with Crippen LogP contribution < -0.4 is 20.7 Å². The number of urea groups is 1. The molecule has 27 heavy (non-hydrogen) atoms. The van der Waals surface area contributed by atoms with E-state index in [1.165, 1.54) is 0 Å². The van der Waals surface area contributed by atoms with Crippen LogP contribution >= 0.6 is 0 Å². The summed E-state index contributed by atoms with van der Waals surface area (Å²) < 4.78 is 5.13. The molecule has 8 nitrogen and oxygen atoms in total. The Morgan fingerprint density at radius 1 is 1.33 bits per heavy atom. The summed E-state index contributed by atoms with van der Waals surface area (Å²) >= 11 is 0. The number of nitrogens with one attached hydrogen (secondary N) is 3. The Bertz CT molecular complexity index is 736. The monoisotopic (exact) mass is 374 g/mol. The number of hydrogen-bond donors (Lipinski definition) is 3. The number of benzene rings is 1. The van der Waals surface area contributed by atoms with Crippen molar-refractivity contribution in [1.29, 1.82) is 0 Å². The van der Waals surface area contributed by atoms with Crippen molar-refractivity contribution in [2.75, 3.05) is 20.2 Å². The Balaban J connectivity index is 1.67. The smallest absolute Gasteiger partial charge is 0.325 e. The zero-order valence-electron chi connectivity index (χ0n) is 15.9. The number of carbonyl (C=O) groups excluding carboxylic acids is 3. The Kier molecular flexibility index (Phi) is 5.36. The predicted molar refractivity (Wildman–Crippen MR) is 99.2 cm³/mol. The van der Waals surface area contributed by atoms with E-state index in [0.29, 0.717) is 17.4 Å². The number of methoxy groups -OCH3 is 1. The summed E-state index contributed by atoms with van der Waals surface area (Å²) in [6.07, 6.45) is 1.66. The quantitative estimate of drug-likeness (QED) is 0.660. The van der Waals surface area contributed by atoms with Crippen LogP contribution in [0.3, 0.4) is 0 Å². The number of imide groups is 1. The highest BCUT2D eigenvalue weighted by atomic mass is 16.5. The number of rotatable bonds is 5. The average molecular weight is 374 g/mol. The molecular formula is C19H26N4O4. The average Bonchev–Trinajstić information content (AvgIpc) is 2.86. The first kappa shape index (κ1) is 19.2. The summed E-state index contributed by atoms with van der Waals surface area (Å²) in [4.78, 5) is 38.6. The molecule has 4 amide bonds. The van der Waals surface area contributed by atoms with Gasteiger partial charge in [0.25, 0.3) is 5.91 Å². The van der Waals surface area contributed by atoms with Gasteiger partial charge in [-0.15, -0.1) is 0 Å². The SMILES string of the molecule is COc1ccc(C2(C)NC(=O)N(CC(=O)NC3CCNC(C)C3)C2=O)cc1. The van der Waals surface area contributed by atoms with Gasteiger partial charge < -0.3 is 20.7 Å². The largest absolute Gasteiger partial charge is 0.497 e. The van der Waals surface area contributed by atoms with Crippen molar-refractivity contribution in [3.8, 4) is 5.75 Å². The lowest BCUT2D eigenvalue weighted by Gasteiger charge is -2.29. The Labute approximate surface area is 158 Å². The maximum atomic E-state index is 12.9.